The molecule has 0 unspecified atom stereocenters. The first kappa shape index (κ1) is 24.5. The molecule has 1 N–H and O–H groups in total. The number of carbonyl (C=O) groups is 3. The summed E-state index contributed by atoms with van der Waals surface area (Å²) in [6.07, 6.45) is -3.41. The van der Waals surface area contributed by atoms with E-state index in [4.69, 9.17) is 0 Å². The van der Waals surface area contributed by atoms with Crippen LogP contribution in [0.3, 0.4) is 0 Å². The highest BCUT2D eigenvalue weighted by atomic mass is 19.4. The number of nitrogens with one attached hydrogen (secondary N) is 1. The minimum atomic E-state index is -4.43. The van der Waals surface area contributed by atoms with Crippen molar-refractivity contribution in [3.63, 3.8) is 0 Å². The number of imide groups is 1. The predicted octanol–water partition coefficient (Wildman–Crippen LogP) is 3.84. The van der Waals surface area contributed by atoms with Gasteiger partial charge in [0, 0.05) is 25.7 Å². The predicted molar refractivity (Wildman–Crippen MR) is 125 cm³/mol. The zero-order valence-corrected chi connectivity index (χ0v) is 20.1. The van der Waals surface area contributed by atoms with Crippen molar-refractivity contribution in [2.24, 2.45) is 11.8 Å². The van der Waals surface area contributed by atoms with E-state index in [0.717, 1.165) is 23.3 Å². The van der Waals surface area contributed by atoms with Gasteiger partial charge in [-0.15, -0.1) is 0 Å². The second kappa shape index (κ2) is 8.73. The van der Waals surface area contributed by atoms with Gasteiger partial charge in [0.2, 0.25) is 17.7 Å². The molecule has 2 aromatic carbocycles. The van der Waals surface area contributed by atoms with Crippen LogP contribution >= 0.6 is 0 Å². The van der Waals surface area contributed by atoms with Gasteiger partial charge in [-0.05, 0) is 49.9 Å². The average molecular weight is 500 g/mol. The van der Waals surface area contributed by atoms with Gasteiger partial charge in [0.1, 0.15) is 5.54 Å². The minimum Gasteiger partial charge on any atom is -0.337 e. The molecule has 6 nitrogen and oxygen atoms in total. The number of benzene rings is 2. The molecule has 4 atom stereocenters. The van der Waals surface area contributed by atoms with Gasteiger partial charge in [0.15, 0.2) is 0 Å². The molecule has 0 aromatic heterocycles. The van der Waals surface area contributed by atoms with Crippen molar-refractivity contribution in [1.82, 2.24) is 15.1 Å². The fourth-order valence-corrected chi connectivity index (χ4v) is 6.07. The smallest absolute Gasteiger partial charge is 0.337 e. The Labute approximate surface area is 207 Å². The van der Waals surface area contributed by atoms with E-state index in [-0.39, 0.29) is 30.8 Å². The van der Waals surface area contributed by atoms with E-state index < -0.39 is 35.2 Å². The van der Waals surface area contributed by atoms with E-state index in [0.29, 0.717) is 24.9 Å². The van der Waals surface area contributed by atoms with Gasteiger partial charge in [-0.3, -0.25) is 24.6 Å². The van der Waals surface area contributed by atoms with E-state index in [1.165, 1.54) is 17.0 Å². The third-order valence-electron chi connectivity index (χ3n) is 7.82. The summed E-state index contributed by atoms with van der Waals surface area (Å²) in [6, 6.07) is 12.0. The molecule has 0 saturated carbocycles. The molecule has 3 fully saturated rings. The van der Waals surface area contributed by atoms with E-state index in [9.17, 15) is 27.6 Å². The number of alkyl halides is 3. The molecule has 1 spiro atoms. The van der Waals surface area contributed by atoms with Gasteiger partial charge in [0.25, 0.3) is 0 Å². The fraction of sp³-hybridized carbons (Fsp3) is 0.444. The Morgan fingerprint density at radius 3 is 2.28 bits per heavy atom. The Bertz CT molecular complexity index is 1200. The van der Waals surface area contributed by atoms with Crippen LogP contribution in [-0.4, -0.2) is 46.1 Å². The summed E-state index contributed by atoms with van der Waals surface area (Å²) in [5.74, 6) is -2.39. The molecular weight excluding hydrogens is 471 g/mol. The van der Waals surface area contributed by atoms with Gasteiger partial charge >= 0.3 is 6.18 Å². The van der Waals surface area contributed by atoms with Crippen molar-refractivity contribution in [2.75, 3.05) is 13.1 Å². The van der Waals surface area contributed by atoms with Crippen molar-refractivity contribution >= 4 is 17.7 Å². The average Bonchev–Trinajstić information content (AvgIpc) is 3.31. The number of aryl methyl sites for hydroxylation is 1. The number of amides is 3. The number of hydrogen-bond donors (Lipinski definition) is 1. The van der Waals surface area contributed by atoms with Gasteiger partial charge in [-0.25, -0.2) is 0 Å². The number of nitrogens with zero attached hydrogens (tertiary/aromatic N) is 2. The Kier molecular flexibility index (Phi) is 5.94. The van der Waals surface area contributed by atoms with Gasteiger partial charge in [-0.2, -0.15) is 13.2 Å². The molecule has 3 heterocycles. The molecule has 9 heteroatoms. The quantitative estimate of drug-likeness (QED) is 0.650. The van der Waals surface area contributed by atoms with Gasteiger partial charge < -0.3 is 4.90 Å². The molecule has 0 aliphatic carbocycles. The van der Waals surface area contributed by atoms with Crippen LogP contribution < -0.4 is 5.32 Å². The maximum atomic E-state index is 14.0. The van der Waals surface area contributed by atoms with E-state index >= 15 is 0 Å². The lowest BCUT2D eigenvalue weighted by atomic mass is 9.74. The Hall–Kier alpha value is -3.20. The van der Waals surface area contributed by atoms with Crippen LogP contribution in [0, 0.1) is 18.8 Å². The normalized spacial score (nSPS) is 28.4. The molecular formula is C27H28F3N3O3. The molecule has 36 heavy (non-hydrogen) atoms. The first-order valence-corrected chi connectivity index (χ1v) is 12.2. The number of hydrogen-bond acceptors (Lipinski definition) is 4. The Morgan fingerprint density at radius 1 is 1.00 bits per heavy atom. The first-order chi connectivity index (χ1) is 17.1. The van der Waals surface area contributed by atoms with Crippen molar-refractivity contribution in [3.8, 4) is 0 Å². The largest absolute Gasteiger partial charge is 0.416 e. The van der Waals surface area contributed by atoms with Crippen LogP contribution in [0.1, 0.15) is 48.1 Å². The number of halogens is 3. The Morgan fingerprint density at radius 2 is 1.67 bits per heavy atom. The summed E-state index contributed by atoms with van der Waals surface area (Å²) in [7, 11) is 0. The van der Waals surface area contributed by atoms with Gasteiger partial charge in [-0.1, -0.05) is 42.0 Å². The Balaban J connectivity index is 1.48. The van der Waals surface area contributed by atoms with Crippen LogP contribution in [0.5, 0.6) is 0 Å². The zero-order chi connectivity index (χ0) is 25.8. The van der Waals surface area contributed by atoms with Crippen LogP contribution in [-0.2, 0) is 27.1 Å². The van der Waals surface area contributed by atoms with Crippen molar-refractivity contribution < 1.29 is 27.6 Å². The maximum Gasteiger partial charge on any atom is 0.416 e. The molecule has 0 bridgehead atoms. The van der Waals surface area contributed by atoms with Crippen LogP contribution in [0.2, 0.25) is 0 Å². The molecule has 3 amide bonds. The summed E-state index contributed by atoms with van der Waals surface area (Å²) in [5, 5.41) is 3.44. The summed E-state index contributed by atoms with van der Waals surface area (Å²) in [6.45, 7) is 4.51. The highest BCUT2D eigenvalue weighted by Gasteiger charge is 2.68. The lowest BCUT2D eigenvalue weighted by molar-refractivity contribution is -0.150. The lowest BCUT2D eigenvalue weighted by Crippen LogP contribution is -2.63. The summed E-state index contributed by atoms with van der Waals surface area (Å²) in [5.41, 5.74) is 0.495. The molecule has 190 valence electrons. The van der Waals surface area contributed by atoms with Gasteiger partial charge in [0.05, 0.1) is 17.4 Å². The van der Waals surface area contributed by atoms with E-state index in [2.05, 4.69) is 5.32 Å². The second-order valence-corrected chi connectivity index (χ2v) is 9.95. The topological polar surface area (TPSA) is 69.7 Å². The molecule has 3 aliphatic rings. The monoisotopic (exact) mass is 499 g/mol. The molecule has 3 aliphatic heterocycles. The van der Waals surface area contributed by atoms with Crippen LogP contribution in [0.15, 0.2) is 48.5 Å². The minimum absolute atomic E-state index is 0.132. The zero-order valence-electron chi connectivity index (χ0n) is 20.1. The SMILES string of the molecule is CCN1C(=O)[C@H]2[C@@H](c3ccc(C)cc3)N[C@]3(CCCN(Cc4ccc(C(F)(F)F)cc4)C3=O)[C@H]2C1=O. The maximum absolute atomic E-state index is 14.0. The van der Waals surface area contributed by atoms with Crippen molar-refractivity contribution in [3.05, 3.63) is 70.8 Å². The third-order valence-corrected chi connectivity index (χ3v) is 7.82. The van der Waals surface area contributed by atoms with Crippen LogP contribution in [0.4, 0.5) is 13.2 Å². The number of piperidine rings is 1. The van der Waals surface area contributed by atoms with Crippen molar-refractivity contribution in [1.29, 1.82) is 0 Å². The molecule has 5 rings (SSSR count). The number of carbonyl (C=O) groups excluding carboxylic acids is 3. The summed E-state index contributed by atoms with van der Waals surface area (Å²) < 4.78 is 38.9. The molecule has 3 saturated heterocycles. The number of fused-ring (bicyclic) bond motifs is 2. The first-order valence-electron chi connectivity index (χ1n) is 12.2. The molecule has 0 radical (unpaired) electrons. The lowest BCUT2D eigenvalue weighted by Gasteiger charge is -2.42. The summed E-state index contributed by atoms with van der Waals surface area (Å²) in [4.78, 5) is 43.7. The highest BCUT2D eigenvalue weighted by Crippen LogP contribution is 2.52. The van der Waals surface area contributed by atoms with Crippen molar-refractivity contribution in [2.45, 2.75) is 51.0 Å². The number of likely N-dealkylation sites (tertiary alicyclic amines) is 2. The van der Waals surface area contributed by atoms with E-state index in [1.54, 1.807) is 11.8 Å². The third kappa shape index (κ3) is 3.80. The number of rotatable bonds is 4. The second-order valence-electron chi connectivity index (χ2n) is 9.95. The molecule has 2 aromatic rings. The highest BCUT2D eigenvalue weighted by molar-refractivity contribution is 6.10. The standard InChI is InChI=1S/C27H28F3N3O3/c1-3-33-23(34)20-21(24(33)35)26(31-22(20)18-9-5-16(2)6-10-18)13-4-14-32(25(26)36)15-17-7-11-19(12-8-17)27(28,29)30/h5-12,20-22,31H,3-4,13-15H2,1-2H3/t20-,21-,22-,26-/m1/s1. The van der Waals surface area contributed by atoms with E-state index in [1.807, 2.05) is 31.2 Å². The fourth-order valence-electron chi connectivity index (χ4n) is 6.07. The summed E-state index contributed by atoms with van der Waals surface area (Å²) >= 11 is 0. The van der Waals surface area contributed by atoms with Crippen LogP contribution in [0.25, 0.3) is 0 Å².